The van der Waals surface area contributed by atoms with Crippen LogP contribution in [0.3, 0.4) is 0 Å². The topological polar surface area (TPSA) is 71.9 Å². The van der Waals surface area contributed by atoms with E-state index in [-0.39, 0.29) is 18.7 Å². The van der Waals surface area contributed by atoms with Crippen LogP contribution in [0.1, 0.15) is 45.1 Å². The van der Waals surface area contributed by atoms with E-state index in [9.17, 15) is 9.90 Å². The monoisotopic (exact) mass is 306 g/mol. The first-order chi connectivity index (χ1) is 10.5. The summed E-state index contributed by atoms with van der Waals surface area (Å²) in [5.74, 6) is 1.32. The van der Waals surface area contributed by atoms with Gasteiger partial charge in [0.15, 0.2) is 0 Å². The molecule has 1 aromatic rings. The molecule has 0 spiro atoms. The molecule has 1 saturated carbocycles. The SMILES string of the molecule is CCCCOc1cnc2c(c1)COC(=O)N2C1CC(C)(O)C1. The molecule has 22 heavy (non-hydrogen) atoms. The number of hydrogen-bond donors (Lipinski definition) is 1. The van der Waals surface area contributed by atoms with Crippen LogP contribution in [0.4, 0.5) is 10.6 Å². The Balaban J connectivity index is 1.77. The molecule has 6 heteroatoms. The van der Waals surface area contributed by atoms with Gasteiger partial charge in [0.05, 0.1) is 18.4 Å². The van der Waals surface area contributed by atoms with E-state index in [0.717, 1.165) is 18.4 Å². The highest BCUT2D eigenvalue weighted by atomic mass is 16.6. The Labute approximate surface area is 130 Å². The number of hydrogen-bond acceptors (Lipinski definition) is 5. The molecule has 2 heterocycles. The van der Waals surface area contributed by atoms with Gasteiger partial charge in [-0.2, -0.15) is 0 Å². The molecule has 0 saturated heterocycles. The first kappa shape index (κ1) is 15.1. The van der Waals surface area contributed by atoms with Gasteiger partial charge in [-0.1, -0.05) is 13.3 Å². The van der Waals surface area contributed by atoms with Crippen molar-refractivity contribution in [3.05, 3.63) is 17.8 Å². The molecule has 0 bridgehead atoms. The molecule has 6 nitrogen and oxygen atoms in total. The number of pyridine rings is 1. The Morgan fingerprint density at radius 3 is 3.00 bits per heavy atom. The molecule has 0 radical (unpaired) electrons. The van der Waals surface area contributed by atoms with E-state index >= 15 is 0 Å². The Hall–Kier alpha value is -1.82. The van der Waals surface area contributed by atoms with Gasteiger partial charge in [-0.05, 0) is 32.3 Å². The standard InChI is InChI=1S/C16H22N2O4/c1-3-4-5-21-13-6-11-10-22-15(19)18(14(11)17-9-13)12-7-16(2,20)8-12/h6,9,12,20H,3-5,7-8,10H2,1-2H3. The van der Waals surface area contributed by atoms with Crippen LogP contribution < -0.4 is 9.64 Å². The highest BCUT2D eigenvalue weighted by Gasteiger charge is 2.46. The van der Waals surface area contributed by atoms with E-state index < -0.39 is 5.60 Å². The molecule has 0 atom stereocenters. The van der Waals surface area contributed by atoms with Crippen LogP contribution in [0.5, 0.6) is 5.75 Å². The third kappa shape index (κ3) is 2.88. The molecule has 1 N–H and O–H groups in total. The minimum absolute atomic E-state index is 0.0547. The highest BCUT2D eigenvalue weighted by Crippen LogP contribution is 2.40. The molecular formula is C16H22N2O4. The number of ether oxygens (including phenoxy) is 2. The fourth-order valence-corrected chi connectivity index (χ4v) is 2.97. The van der Waals surface area contributed by atoms with Gasteiger partial charge in [0, 0.05) is 11.6 Å². The predicted molar refractivity (Wildman–Crippen MR) is 80.9 cm³/mol. The molecule has 120 valence electrons. The average Bonchev–Trinajstić information content (AvgIpc) is 2.45. The number of nitrogens with zero attached hydrogens (tertiary/aromatic N) is 2. The zero-order chi connectivity index (χ0) is 15.7. The molecule has 1 aliphatic heterocycles. The molecule has 3 rings (SSSR count). The van der Waals surface area contributed by atoms with Gasteiger partial charge in [0.1, 0.15) is 18.2 Å². The zero-order valence-corrected chi connectivity index (χ0v) is 13.0. The zero-order valence-electron chi connectivity index (χ0n) is 13.0. The molecule has 1 amide bonds. The maximum atomic E-state index is 12.0. The van der Waals surface area contributed by atoms with Gasteiger partial charge in [0.25, 0.3) is 0 Å². The number of fused-ring (bicyclic) bond motifs is 1. The summed E-state index contributed by atoms with van der Waals surface area (Å²) in [7, 11) is 0. The molecule has 2 aliphatic rings. The van der Waals surface area contributed by atoms with Crippen molar-refractivity contribution in [3.8, 4) is 5.75 Å². The van der Waals surface area contributed by atoms with Crippen LogP contribution >= 0.6 is 0 Å². The van der Waals surface area contributed by atoms with Crippen LogP contribution in [0.15, 0.2) is 12.3 Å². The van der Waals surface area contributed by atoms with E-state index in [2.05, 4.69) is 11.9 Å². The van der Waals surface area contributed by atoms with Crippen LogP contribution in [-0.4, -0.2) is 34.4 Å². The maximum absolute atomic E-state index is 12.0. The number of cyclic esters (lactones) is 1. The van der Waals surface area contributed by atoms with E-state index in [1.165, 1.54) is 0 Å². The Morgan fingerprint density at radius 2 is 2.32 bits per heavy atom. The molecule has 1 aliphatic carbocycles. The van der Waals surface area contributed by atoms with E-state index in [0.29, 0.717) is 31.0 Å². The fraction of sp³-hybridized carbons (Fsp3) is 0.625. The lowest BCUT2D eigenvalue weighted by molar-refractivity contribution is -0.0315. The summed E-state index contributed by atoms with van der Waals surface area (Å²) < 4.78 is 10.9. The number of carbonyl (C=O) groups excluding carboxylic acids is 1. The van der Waals surface area contributed by atoms with Crippen LogP contribution in [0, 0.1) is 0 Å². The number of amides is 1. The average molecular weight is 306 g/mol. The first-order valence-corrected chi connectivity index (χ1v) is 7.80. The molecule has 0 aromatic carbocycles. The Morgan fingerprint density at radius 1 is 1.55 bits per heavy atom. The number of carbonyl (C=O) groups is 1. The van der Waals surface area contributed by atoms with Crippen LogP contribution in [0.2, 0.25) is 0 Å². The van der Waals surface area contributed by atoms with Crippen molar-refractivity contribution >= 4 is 11.9 Å². The maximum Gasteiger partial charge on any atom is 0.416 e. The molecule has 1 aromatic heterocycles. The second-order valence-electron chi connectivity index (χ2n) is 6.34. The van der Waals surface area contributed by atoms with Crippen LogP contribution in [-0.2, 0) is 11.3 Å². The van der Waals surface area contributed by atoms with Gasteiger partial charge in [-0.15, -0.1) is 0 Å². The lowest BCUT2D eigenvalue weighted by atomic mass is 9.76. The van der Waals surface area contributed by atoms with Crippen LogP contribution in [0.25, 0.3) is 0 Å². The van der Waals surface area contributed by atoms with E-state index in [4.69, 9.17) is 9.47 Å². The van der Waals surface area contributed by atoms with Crippen molar-refractivity contribution in [2.75, 3.05) is 11.5 Å². The van der Waals surface area contributed by atoms with Crippen molar-refractivity contribution in [3.63, 3.8) is 0 Å². The molecular weight excluding hydrogens is 284 g/mol. The minimum atomic E-state index is -0.703. The quantitative estimate of drug-likeness (QED) is 0.847. The summed E-state index contributed by atoms with van der Waals surface area (Å²) in [6, 6.07) is 1.83. The Kier molecular flexibility index (Phi) is 3.95. The van der Waals surface area contributed by atoms with Gasteiger partial charge in [-0.3, -0.25) is 4.90 Å². The van der Waals surface area contributed by atoms with Gasteiger partial charge in [-0.25, -0.2) is 9.78 Å². The number of unbranched alkanes of at least 4 members (excludes halogenated alkanes) is 1. The van der Waals surface area contributed by atoms with E-state index in [1.807, 2.05) is 6.07 Å². The third-order valence-electron chi connectivity index (χ3n) is 4.18. The van der Waals surface area contributed by atoms with Gasteiger partial charge < -0.3 is 14.6 Å². The summed E-state index contributed by atoms with van der Waals surface area (Å²) in [6.07, 6.45) is 4.41. The smallest absolute Gasteiger partial charge is 0.416 e. The number of rotatable bonds is 5. The second-order valence-corrected chi connectivity index (χ2v) is 6.34. The number of aromatic nitrogens is 1. The normalized spacial score (nSPS) is 27.0. The minimum Gasteiger partial charge on any atom is -0.492 e. The molecule has 0 unspecified atom stereocenters. The van der Waals surface area contributed by atoms with Crippen molar-refractivity contribution in [2.24, 2.45) is 0 Å². The summed E-state index contributed by atoms with van der Waals surface area (Å²) >= 11 is 0. The Bertz CT molecular complexity index is 565. The second kappa shape index (κ2) is 5.76. The van der Waals surface area contributed by atoms with Gasteiger partial charge >= 0.3 is 6.09 Å². The fourth-order valence-electron chi connectivity index (χ4n) is 2.97. The summed E-state index contributed by atoms with van der Waals surface area (Å²) in [5, 5.41) is 9.89. The van der Waals surface area contributed by atoms with E-state index in [1.54, 1.807) is 18.0 Å². The summed E-state index contributed by atoms with van der Waals surface area (Å²) in [6.45, 7) is 4.76. The summed E-state index contributed by atoms with van der Waals surface area (Å²) in [5.41, 5.74) is 0.145. The number of anilines is 1. The largest absolute Gasteiger partial charge is 0.492 e. The predicted octanol–water partition coefficient (Wildman–Crippen LogP) is 2.63. The lowest BCUT2D eigenvalue weighted by Crippen LogP contribution is -2.57. The lowest BCUT2D eigenvalue weighted by Gasteiger charge is -2.46. The molecule has 1 fully saturated rings. The van der Waals surface area contributed by atoms with Crippen molar-refractivity contribution < 1.29 is 19.4 Å². The van der Waals surface area contributed by atoms with Crippen molar-refractivity contribution in [1.29, 1.82) is 0 Å². The summed E-state index contributed by atoms with van der Waals surface area (Å²) in [4.78, 5) is 18.0. The van der Waals surface area contributed by atoms with Gasteiger partial charge in [0.2, 0.25) is 0 Å². The first-order valence-electron chi connectivity index (χ1n) is 7.80. The highest BCUT2D eigenvalue weighted by molar-refractivity contribution is 5.90. The number of aliphatic hydroxyl groups is 1. The van der Waals surface area contributed by atoms with Crippen molar-refractivity contribution in [2.45, 2.75) is 57.8 Å². The van der Waals surface area contributed by atoms with Crippen molar-refractivity contribution in [1.82, 2.24) is 4.98 Å². The third-order valence-corrected chi connectivity index (χ3v) is 4.18.